The second-order valence-electron chi connectivity index (χ2n) is 20.1. The number of carbonyl (C=O) groups excluding carboxylic acids is 2. The lowest BCUT2D eigenvalue weighted by molar-refractivity contribution is -0.119. The van der Waals surface area contributed by atoms with Gasteiger partial charge in [0.05, 0.1) is 41.1 Å². The van der Waals surface area contributed by atoms with Gasteiger partial charge in [0.15, 0.2) is 29.3 Å². The van der Waals surface area contributed by atoms with Crippen molar-refractivity contribution in [1.29, 1.82) is 0 Å². The summed E-state index contributed by atoms with van der Waals surface area (Å²) in [6.07, 6.45) is -0.636. The highest BCUT2D eigenvalue weighted by molar-refractivity contribution is 7.89. The molecule has 0 radical (unpaired) electrons. The molecule has 4 aliphatic heterocycles. The summed E-state index contributed by atoms with van der Waals surface area (Å²) < 4.78 is 95.6. The fourth-order valence-corrected chi connectivity index (χ4v) is 12.2. The van der Waals surface area contributed by atoms with Gasteiger partial charge in [-0.05, 0) is 78.8 Å². The Labute approximate surface area is 412 Å². The van der Waals surface area contributed by atoms with Crippen LogP contribution in [0.5, 0.6) is 23.0 Å². The van der Waals surface area contributed by atoms with Crippen LogP contribution < -0.4 is 35.3 Å². The zero-order valence-corrected chi connectivity index (χ0v) is 42.9. The summed E-state index contributed by atoms with van der Waals surface area (Å²) in [4.78, 5) is 24.4. The van der Waals surface area contributed by atoms with Gasteiger partial charge in [-0.25, -0.2) is 21.6 Å². The lowest BCUT2D eigenvalue weighted by atomic mass is 9.89. The average molecular weight is 1020 g/mol. The number of hydrogen-bond acceptors (Lipinski definition) is 15. The van der Waals surface area contributed by atoms with E-state index in [0.717, 1.165) is 12.0 Å². The van der Waals surface area contributed by atoms with Crippen LogP contribution in [0, 0.1) is 22.7 Å². The van der Waals surface area contributed by atoms with E-state index in [0.29, 0.717) is 68.6 Å². The normalized spacial score (nSPS) is 19.4. The zero-order chi connectivity index (χ0) is 50.9. The molecule has 21 heteroatoms. The Morgan fingerprint density at radius 1 is 0.800 bits per heavy atom. The van der Waals surface area contributed by atoms with Gasteiger partial charge in [-0.2, -0.15) is 8.61 Å². The molecule has 7 rings (SSSR count). The Hall–Kier alpha value is -4.74. The van der Waals surface area contributed by atoms with Crippen molar-refractivity contribution in [3.8, 4) is 23.0 Å². The van der Waals surface area contributed by atoms with Crippen LogP contribution in [0.15, 0.2) is 76.5 Å². The van der Waals surface area contributed by atoms with Gasteiger partial charge in [-0.1, -0.05) is 71.9 Å². The maximum atomic E-state index is 14.0. The molecule has 0 aliphatic carbocycles. The first-order valence-electron chi connectivity index (χ1n) is 23.7. The van der Waals surface area contributed by atoms with E-state index in [1.54, 1.807) is 18.2 Å². The summed E-state index contributed by atoms with van der Waals surface area (Å²) in [7, 11) is -7.79. The van der Waals surface area contributed by atoms with Crippen LogP contribution in [0.2, 0.25) is 0 Å². The van der Waals surface area contributed by atoms with Crippen molar-refractivity contribution in [2.45, 2.75) is 108 Å². The molecule has 4 heterocycles. The molecule has 2 fully saturated rings. The molecule has 0 unspecified atom stereocenters. The predicted octanol–water partition coefficient (Wildman–Crippen LogP) is 4.86. The summed E-state index contributed by atoms with van der Waals surface area (Å²) >= 11 is 0. The summed E-state index contributed by atoms with van der Waals surface area (Å²) in [6, 6.07) is 17.6. The number of nitrogens with two attached hydrogens (primary N) is 1. The number of nitrogens with one attached hydrogen (secondary N) is 2. The number of alkyl carbamates (subject to hydrolysis) is 1. The third-order valence-electron chi connectivity index (χ3n) is 12.4. The van der Waals surface area contributed by atoms with E-state index in [1.807, 2.05) is 71.9 Å². The largest absolute Gasteiger partial charge is 0.454 e. The number of benzene rings is 3. The van der Waals surface area contributed by atoms with E-state index in [4.69, 9.17) is 38.9 Å². The number of nitrogens with zero attached hydrogens (tertiary/aromatic N) is 2. The standard InChI is InChI=1S/C30H41N3O9S.C19H30N2O5S/c1-30(2,11-12-31)18-33(43(36,37)21-8-9-25-26(15-21)41-19-40-25)16-24(34)23(14-20-6-4-3-5-7-20)32-29(35)42-27-17-39-28-22(27)10-13-38-28;1-14(2)11-21(12-19(4,5)8-9-20-15(3)22)27(23,24)16-6-7-17-18(10-16)26-13-25-17/h3-9,15,22-24,27-28,34H,10-14,16-19,31H2,1-2H3,(H,32,35);6-7,10,14H,8-9,11-13H2,1-5H3,(H,20,22)/t22-,23-,24+,27-,28+;/m0./s1. The Kier molecular flexibility index (Phi) is 18.4. The minimum Gasteiger partial charge on any atom is -0.454 e. The second-order valence-corrected chi connectivity index (χ2v) is 24.0. The molecule has 2 amide bonds. The molecule has 388 valence electrons. The summed E-state index contributed by atoms with van der Waals surface area (Å²) in [5.41, 5.74) is 5.90. The van der Waals surface area contributed by atoms with Crippen molar-refractivity contribution in [2.24, 2.45) is 28.4 Å². The highest BCUT2D eigenvalue weighted by Gasteiger charge is 2.44. The smallest absolute Gasteiger partial charge is 0.407 e. The second kappa shape index (κ2) is 23.7. The van der Waals surface area contributed by atoms with Gasteiger partial charge >= 0.3 is 6.09 Å². The summed E-state index contributed by atoms with van der Waals surface area (Å²) in [5.74, 6) is 1.85. The molecule has 0 aromatic heterocycles. The molecule has 0 saturated carbocycles. The molecule has 5 atom stereocenters. The molecule has 0 bridgehead atoms. The first kappa shape index (κ1) is 54.6. The van der Waals surface area contributed by atoms with Gasteiger partial charge < -0.3 is 54.6 Å². The van der Waals surface area contributed by atoms with Crippen LogP contribution in [0.25, 0.3) is 0 Å². The Morgan fingerprint density at radius 2 is 1.36 bits per heavy atom. The molecule has 3 aromatic rings. The third-order valence-corrected chi connectivity index (χ3v) is 16.1. The predicted molar refractivity (Wildman–Crippen MR) is 259 cm³/mol. The van der Waals surface area contributed by atoms with Crippen LogP contribution in [0.3, 0.4) is 0 Å². The SMILES string of the molecule is CC(=O)NCCC(C)(C)CN(CC(C)C)S(=O)(=O)c1ccc2c(c1)OCO2.CC(C)(CCN)CN(C[C@@H](O)[C@H](Cc1ccccc1)NC(=O)O[C@H]1CO[C@H]2OCC[C@H]21)S(=O)(=O)c1ccc2c(c1)OCO2. The minimum atomic E-state index is -4.11. The van der Waals surface area contributed by atoms with Gasteiger partial charge in [0.1, 0.15) is 6.10 Å². The number of amides is 2. The summed E-state index contributed by atoms with van der Waals surface area (Å²) in [6.45, 7) is 15.7. The fourth-order valence-electron chi connectivity index (χ4n) is 8.71. The van der Waals surface area contributed by atoms with E-state index < -0.39 is 49.8 Å². The van der Waals surface area contributed by atoms with Crippen molar-refractivity contribution in [3.63, 3.8) is 0 Å². The molecular formula is C49H71N5O14S2. The van der Waals surface area contributed by atoms with Gasteiger partial charge in [-0.3, -0.25) is 4.79 Å². The molecule has 5 N–H and O–H groups in total. The molecule has 70 heavy (non-hydrogen) atoms. The maximum Gasteiger partial charge on any atom is 0.407 e. The third kappa shape index (κ3) is 14.7. The number of aliphatic hydroxyl groups is 1. The lowest BCUT2D eigenvalue weighted by Gasteiger charge is -2.35. The van der Waals surface area contributed by atoms with Crippen molar-refractivity contribution in [2.75, 3.05) is 66.1 Å². The molecule has 4 aliphatic rings. The van der Waals surface area contributed by atoms with E-state index >= 15 is 0 Å². The summed E-state index contributed by atoms with van der Waals surface area (Å²) in [5, 5.41) is 17.2. The highest BCUT2D eigenvalue weighted by Crippen LogP contribution is 2.38. The van der Waals surface area contributed by atoms with E-state index in [1.165, 1.54) is 33.7 Å². The van der Waals surface area contributed by atoms with Gasteiger partial charge in [-0.15, -0.1) is 0 Å². The Balaban J connectivity index is 0.000000256. The Bertz CT molecular complexity index is 2460. The number of sulfonamides is 2. The molecule has 3 aromatic carbocycles. The quantitative estimate of drug-likeness (QED) is 0.105. The average Bonchev–Trinajstić information content (AvgIpc) is 4.12. The Morgan fingerprint density at radius 3 is 1.91 bits per heavy atom. The fraction of sp³-hybridized carbons (Fsp3) is 0.592. The van der Waals surface area contributed by atoms with Crippen LogP contribution in [-0.2, 0) is 45.5 Å². The van der Waals surface area contributed by atoms with E-state index in [-0.39, 0.29) is 78.9 Å². The number of hydrogen-bond donors (Lipinski definition) is 4. The van der Waals surface area contributed by atoms with Gasteiger partial charge in [0, 0.05) is 51.8 Å². The maximum absolute atomic E-state index is 14.0. The molecule has 2 saturated heterocycles. The van der Waals surface area contributed by atoms with Crippen molar-refractivity contribution >= 4 is 32.0 Å². The zero-order valence-electron chi connectivity index (χ0n) is 41.3. The number of carbonyl (C=O) groups is 2. The first-order valence-corrected chi connectivity index (χ1v) is 26.6. The number of fused-ring (bicyclic) bond motifs is 3. The van der Waals surface area contributed by atoms with E-state index in [9.17, 15) is 31.5 Å². The van der Waals surface area contributed by atoms with Crippen LogP contribution >= 0.6 is 0 Å². The number of rotatable bonds is 22. The highest BCUT2D eigenvalue weighted by atomic mass is 32.2. The monoisotopic (exact) mass is 1020 g/mol. The van der Waals surface area contributed by atoms with Gasteiger partial charge in [0.25, 0.3) is 0 Å². The van der Waals surface area contributed by atoms with Crippen molar-refractivity contribution in [1.82, 2.24) is 19.2 Å². The van der Waals surface area contributed by atoms with E-state index in [2.05, 4.69) is 10.6 Å². The molecule has 0 spiro atoms. The van der Waals surface area contributed by atoms with Crippen LogP contribution in [0.4, 0.5) is 4.79 Å². The number of ether oxygens (including phenoxy) is 7. The molecule has 19 nitrogen and oxygen atoms in total. The topological polar surface area (TPSA) is 244 Å². The van der Waals surface area contributed by atoms with Crippen LogP contribution in [-0.4, -0.2) is 133 Å². The number of aliphatic hydroxyl groups excluding tert-OH is 1. The lowest BCUT2D eigenvalue weighted by Crippen LogP contribution is -2.52. The molecular weight excluding hydrogens is 947 g/mol. The minimum absolute atomic E-state index is 0.00838. The van der Waals surface area contributed by atoms with Crippen molar-refractivity contribution < 1.29 is 64.7 Å². The first-order chi connectivity index (χ1) is 33.1. The van der Waals surface area contributed by atoms with Crippen molar-refractivity contribution in [3.05, 3.63) is 72.3 Å². The van der Waals surface area contributed by atoms with Gasteiger partial charge in [0.2, 0.25) is 39.5 Å². The van der Waals surface area contributed by atoms with Crippen LogP contribution in [0.1, 0.15) is 73.3 Å².